The molecular weight excluding hydrogens is 286 g/mol. The Hall–Kier alpha value is -2.40. The van der Waals surface area contributed by atoms with Gasteiger partial charge in [0.15, 0.2) is 0 Å². The fourth-order valence-electron chi connectivity index (χ4n) is 2.69. The Morgan fingerprint density at radius 2 is 1.91 bits per heavy atom. The molecule has 2 aromatic heterocycles. The van der Waals surface area contributed by atoms with Gasteiger partial charge in [-0.3, -0.25) is 0 Å². The van der Waals surface area contributed by atoms with Gasteiger partial charge in [0.25, 0.3) is 0 Å². The number of aromatic nitrogens is 3. The van der Waals surface area contributed by atoms with Crippen LogP contribution < -0.4 is 5.32 Å². The lowest BCUT2D eigenvalue weighted by atomic mass is 10.2. The van der Waals surface area contributed by atoms with Crippen LogP contribution in [0.4, 0.5) is 5.82 Å². The van der Waals surface area contributed by atoms with Crippen LogP contribution in [0, 0.1) is 0 Å². The first-order valence-corrected chi connectivity index (χ1v) is 8.18. The van der Waals surface area contributed by atoms with Crippen LogP contribution in [0.1, 0.15) is 13.8 Å². The number of benzene rings is 1. The van der Waals surface area contributed by atoms with Gasteiger partial charge in [0.05, 0.1) is 16.6 Å². The van der Waals surface area contributed by atoms with Crippen LogP contribution in [0.5, 0.6) is 0 Å². The molecule has 0 aliphatic rings. The van der Waals surface area contributed by atoms with E-state index in [2.05, 4.69) is 39.0 Å². The minimum atomic E-state index is 0.852. The highest BCUT2D eigenvalue weighted by Crippen LogP contribution is 2.25. The van der Waals surface area contributed by atoms with Gasteiger partial charge in [-0.25, -0.2) is 9.97 Å². The molecule has 0 radical (unpaired) electrons. The van der Waals surface area contributed by atoms with Gasteiger partial charge >= 0.3 is 0 Å². The number of imidazole rings is 1. The maximum Gasteiger partial charge on any atom is 0.142 e. The van der Waals surface area contributed by atoms with E-state index < -0.39 is 0 Å². The van der Waals surface area contributed by atoms with E-state index >= 15 is 0 Å². The molecule has 1 aromatic carbocycles. The standard InChI is InChI=1S/C18H23N5/c1-3-23(4-2)13-12-20-17-14(8-7-11-19-17)18-21-15-9-5-6-10-16(15)22-18/h5-11H,3-4,12-13H2,1-2H3,(H,19,20)(H,21,22). The van der Waals surface area contributed by atoms with E-state index in [1.807, 2.05) is 42.6 Å². The third-order valence-electron chi connectivity index (χ3n) is 4.07. The SMILES string of the molecule is CCN(CC)CCNc1ncccc1-c1nc2ccccc2[nH]1. The molecule has 0 bridgehead atoms. The van der Waals surface area contributed by atoms with Gasteiger partial charge in [0.1, 0.15) is 11.6 Å². The zero-order valence-corrected chi connectivity index (χ0v) is 13.7. The molecule has 2 heterocycles. The Labute approximate surface area is 136 Å². The Balaban J connectivity index is 1.80. The first-order valence-electron chi connectivity index (χ1n) is 8.18. The topological polar surface area (TPSA) is 56.8 Å². The molecule has 5 nitrogen and oxygen atoms in total. The van der Waals surface area contributed by atoms with E-state index in [4.69, 9.17) is 0 Å². The van der Waals surface area contributed by atoms with Crippen molar-refractivity contribution in [2.45, 2.75) is 13.8 Å². The number of fused-ring (bicyclic) bond motifs is 1. The van der Waals surface area contributed by atoms with Crippen LogP contribution in [0.15, 0.2) is 42.6 Å². The highest BCUT2D eigenvalue weighted by atomic mass is 15.1. The van der Waals surface area contributed by atoms with Crippen LogP contribution in [0.2, 0.25) is 0 Å². The molecule has 0 atom stereocenters. The molecule has 3 aromatic rings. The first-order chi connectivity index (χ1) is 11.3. The second kappa shape index (κ2) is 7.24. The summed E-state index contributed by atoms with van der Waals surface area (Å²) in [6.07, 6.45) is 1.81. The molecule has 0 saturated carbocycles. The number of pyridine rings is 1. The second-order valence-corrected chi connectivity index (χ2v) is 5.46. The predicted molar refractivity (Wildman–Crippen MR) is 95.6 cm³/mol. The second-order valence-electron chi connectivity index (χ2n) is 5.46. The number of nitrogens with one attached hydrogen (secondary N) is 2. The Bertz CT molecular complexity index is 728. The van der Waals surface area contributed by atoms with Crippen LogP contribution >= 0.6 is 0 Å². The van der Waals surface area contributed by atoms with Crippen molar-refractivity contribution in [1.29, 1.82) is 0 Å². The van der Waals surface area contributed by atoms with E-state index in [-0.39, 0.29) is 0 Å². The van der Waals surface area contributed by atoms with E-state index in [0.29, 0.717) is 0 Å². The summed E-state index contributed by atoms with van der Waals surface area (Å²) >= 11 is 0. The van der Waals surface area contributed by atoms with Gasteiger partial charge in [-0.2, -0.15) is 0 Å². The van der Waals surface area contributed by atoms with Gasteiger partial charge in [-0.1, -0.05) is 26.0 Å². The number of hydrogen-bond donors (Lipinski definition) is 2. The normalized spacial score (nSPS) is 11.3. The van der Waals surface area contributed by atoms with Crippen LogP contribution in [0.3, 0.4) is 0 Å². The molecule has 120 valence electrons. The molecule has 0 saturated heterocycles. The van der Waals surface area contributed by atoms with Gasteiger partial charge in [0.2, 0.25) is 0 Å². The maximum atomic E-state index is 4.67. The number of aromatic amines is 1. The summed E-state index contributed by atoms with van der Waals surface area (Å²) in [5.74, 6) is 1.73. The smallest absolute Gasteiger partial charge is 0.142 e. The minimum absolute atomic E-state index is 0.852. The summed E-state index contributed by atoms with van der Waals surface area (Å²) in [7, 11) is 0. The Kier molecular flexibility index (Phi) is 4.88. The van der Waals surface area contributed by atoms with E-state index in [9.17, 15) is 0 Å². The summed E-state index contributed by atoms with van der Waals surface area (Å²) in [6, 6.07) is 12.0. The van der Waals surface area contributed by atoms with E-state index in [0.717, 1.165) is 54.4 Å². The van der Waals surface area contributed by atoms with Gasteiger partial charge in [-0.15, -0.1) is 0 Å². The molecule has 3 rings (SSSR count). The van der Waals surface area contributed by atoms with Crippen molar-refractivity contribution in [3.63, 3.8) is 0 Å². The monoisotopic (exact) mass is 309 g/mol. The zero-order valence-electron chi connectivity index (χ0n) is 13.7. The van der Waals surface area contributed by atoms with Crippen LogP contribution in [-0.2, 0) is 0 Å². The van der Waals surface area contributed by atoms with Crippen LogP contribution in [0.25, 0.3) is 22.4 Å². The lowest BCUT2D eigenvalue weighted by Crippen LogP contribution is -2.28. The number of H-pyrrole nitrogens is 1. The molecule has 0 amide bonds. The fourth-order valence-corrected chi connectivity index (χ4v) is 2.69. The lowest BCUT2D eigenvalue weighted by molar-refractivity contribution is 0.316. The third-order valence-corrected chi connectivity index (χ3v) is 4.07. The highest BCUT2D eigenvalue weighted by molar-refractivity contribution is 5.81. The number of hydrogen-bond acceptors (Lipinski definition) is 4. The molecule has 0 spiro atoms. The highest BCUT2D eigenvalue weighted by Gasteiger charge is 2.10. The maximum absolute atomic E-state index is 4.67. The lowest BCUT2D eigenvalue weighted by Gasteiger charge is -2.18. The van der Waals surface area contributed by atoms with Gasteiger partial charge in [0, 0.05) is 19.3 Å². The van der Waals surface area contributed by atoms with Gasteiger partial charge < -0.3 is 15.2 Å². The van der Waals surface area contributed by atoms with Crippen molar-refractivity contribution in [2.75, 3.05) is 31.5 Å². The molecule has 2 N–H and O–H groups in total. The van der Waals surface area contributed by atoms with Crippen molar-refractivity contribution in [3.05, 3.63) is 42.6 Å². The van der Waals surface area contributed by atoms with Crippen molar-refractivity contribution in [1.82, 2.24) is 19.9 Å². The first kappa shape index (κ1) is 15.5. The molecule has 23 heavy (non-hydrogen) atoms. The summed E-state index contributed by atoms with van der Waals surface area (Å²) in [5, 5.41) is 3.44. The van der Waals surface area contributed by atoms with Crippen molar-refractivity contribution in [3.8, 4) is 11.4 Å². The Morgan fingerprint density at radius 3 is 2.70 bits per heavy atom. The minimum Gasteiger partial charge on any atom is -0.368 e. The summed E-state index contributed by atoms with van der Waals surface area (Å²) < 4.78 is 0. The van der Waals surface area contributed by atoms with Crippen molar-refractivity contribution < 1.29 is 0 Å². The molecule has 5 heteroatoms. The third kappa shape index (κ3) is 3.51. The molecule has 0 unspecified atom stereocenters. The number of para-hydroxylation sites is 2. The number of nitrogens with zero attached hydrogens (tertiary/aromatic N) is 3. The van der Waals surface area contributed by atoms with E-state index in [1.165, 1.54) is 0 Å². The zero-order chi connectivity index (χ0) is 16.1. The number of anilines is 1. The van der Waals surface area contributed by atoms with Gasteiger partial charge in [-0.05, 0) is 37.4 Å². The molecular formula is C18H23N5. The molecule has 0 fully saturated rings. The summed E-state index contributed by atoms with van der Waals surface area (Å²) in [6.45, 7) is 8.37. The summed E-state index contributed by atoms with van der Waals surface area (Å²) in [4.78, 5) is 14.9. The molecule has 0 aliphatic carbocycles. The van der Waals surface area contributed by atoms with Crippen molar-refractivity contribution >= 4 is 16.9 Å². The molecule has 0 aliphatic heterocycles. The quantitative estimate of drug-likeness (QED) is 0.702. The van der Waals surface area contributed by atoms with Crippen molar-refractivity contribution in [2.24, 2.45) is 0 Å². The van der Waals surface area contributed by atoms with E-state index in [1.54, 1.807) is 0 Å². The largest absolute Gasteiger partial charge is 0.368 e. The average Bonchev–Trinajstić information content (AvgIpc) is 3.03. The van der Waals surface area contributed by atoms with Crippen LogP contribution in [-0.4, -0.2) is 46.0 Å². The average molecular weight is 309 g/mol. The number of likely N-dealkylation sites (N-methyl/N-ethyl adjacent to an activating group) is 1. The predicted octanol–water partition coefficient (Wildman–Crippen LogP) is 3.38. The Morgan fingerprint density at radius 1 is 1.09 bits per heavy atom. The number of rotatable bonds is 7. The fraction of sp³-hybridized carbons (Fsp3) is 0.333. The summed E-state index contributed by atoms with van der Waals surface area (Å²) in [5.41, 5.74) is 3.02.